The number of carbonyl (C=O) groups is 1. The van der Waals surface area contributed by atoms with Gasteiger partial charge in [0, 0.05) is 17.2 Å². The molecule has 5 nitrogen and oxygen atoms in total. The Balaban J connectivity index is 2.01. The summed E-state index contributed by atoms with van der Waals surface area (Å²) in [5.74, 6) is 0.309. The van der Waals surface area contributed by atoms with Crippen LogP contribution in [-0.4, -0.2) is 42.9 Å². The Hall–Kier alpha value is -1.87. The number of ketones is 1. The van der Waals surface area contributed by atoms with E-state index in [4.69, 9.17) is 4.42 Å². The number of nitrogens with zero attached hydrogens (tertiary/aromatic N) is 2. The molecule has 24 heavy (non-hydrogen) atoms. The molecule has 2 heterocycles. The van der Waals surface area contributed by atoms with Crippen LogP contribution >= 0.6 is 22.6 Å². The summed E-state index contributed by atoms with van der Waals surface area (Å²) in [6.07, 6.45) is 1.47. The Bertz CT molecular complexity index is 789. The number of hydrogen-bond donors (Lipinski definition) is 1. The highest BCUT2D eigenvalue weighted by atomic mass is 127. The lowest BCUT2D eigenvalue weighted by Gasteiger charge is -2.35. The number of Topliss-reactive ketones (excluding diaryl/α,β-unsaturated/α-hetero) is 1. The molecule has 0 radical (unpaired) electrons. The lowest BCUT2D eigenvalue weighted by atomic mass is 10.1. The second-order valence-corrected chi connectivity index (χ2v) is 6.98. The van der Waals surface area contributed by atoms with Crippen LogP contribution in [0.2, 0.25) is 0 Å². The molecule has 0 fully saturated rings. The standard InChI is InChI=1S/C17H17FIN3O2/c1-21-9-12(16(23)15-4-3-7-24-15)17(22(2)10-21)20-14-6-5-11(19)8-13(14)18/h3-8,20H,9-10H2,1-2H3. The molecule has 0 bridgehead atoms. The molecule has 7 heteroatoms. The molecular weight excluding hydrogens is 424 g/mol. The van der Waals surface area contributed by atoms with Crippen LogP contribution in [-0.2, 0) is 0 Å². The summed E-state index contributed by atoms with van der Waals surface area (Å²) >= 11 is 2.06. The fraction of sp³-hybridized carbons (Fsp3) is 0.235. The van der Waals surface area contributed by atoms with Crippen LogP contribution in [0.4, 0.5) is 10.1 Å². The fourth-order valence-corrected chi connectivity index (χ4v) is 3.14. The molecule has 1 aromatic carbocycles. The van der Waals surface area contributed by atoms with Crippen molar-refractivity contribution >= 4 is 34.1 Å². The van der Waals surface area contributed by atoms with Gasteiger partial charge >= 0.3 is 0 Å². The first-order valence-electron chi connectivity index (χ1n) is 7.39. The van der Waals surface area contributed by atoms with Crippen molar-refractivity contribution < 1.29 is 13.6 Å². The minimum atomic E-state index is -0.355. The van der Waals surface area contributed by atoms with Crippen molar-refractivity contribution in [2.45, 2.75) is 0 Å². The second kappa shape index (κ2) is 6.94. The SMILES string of the molecule is CN1CC(C(=O)c2ccco2)=C(Nc2ccc(I)cc2F)N(C)C1. The lowest BCUT2D eigenvalue weighted by Crippen LogP contribution is -2.43. The number of furan rings is 1. The monoisotopic (exact) mass is 441 g/mol. The van der Waals surface area contributed by atoms with E-state index in [0.717, 1.165) is 3.57 Å². The average molecular weight is 441 g/mol. The molecule has 0 spiro atoms. The first kappa shape index (κ1) is 17.0. The maximum Gasteiger partial charge on any atom is 0.229 e. The van der Waals surface area contributed by atoms with Gasteiger partial charge in [-0.15, -0.1) is 0 Å². The van der Waals surface area contributed by atoms with Gasteiger partial charge in [0.1, 0.15) is 11.6 Å². The molecule has 0 saturated heterocycles. The maximum absolute atomic E-state index is 14.2. The zero-order valence-corrected chi connectivity index (χ0v) is 15.5. The van der Waals surface area contributed by atoms with E-state index in [9.17, 15) is 9.18 Å². The number of anilines is 1. The summed E-state index contributed by atoms with van der Waals surface area (Å²) in [6, 6.07) is 8.25. The van der Waals surface area contributed by atoms with Gasteiger partial charge in [0.2, 0.25) is 5.78 Å². The Kier molecular flexibility index (Phi) is 4.91. The number of benzene rings is 1. The molecular formula is C17H17FIN3O2. The van der Waals surface area contributed by atoms with Crippen LogP contribution in [0.5, 0.6) is 0 Å². The molecule has 3 rings (SSSR count). The van der Waals surface area contributed by atoms with Crippen molar-refractivity contribution in [2.24, 2.45) is 0 Å². The second-order valence-electron chi connectivity index (χ2n) is 5.74. The van der Waals surface area contributed by atoms with E-state index in [1.165, 1.54) is 12.3 Å². The van der Waals surface area contributed by atoms with Gasteiger partial charge in [-0.3, -0.25) is 9.69 Å². The van der Waals surface area contributed by atoms with Gasteiger partial charge < -0.3 is 14.6 Å². The van der Waals surface area contributed by atoms with Crippen molar-refractivity contribution in [1.29, 1.82) is 0 Å². The number of likely N-dealkylation sites (N-methyl/N-ethyl adjacent to an activating group) is 1. The summed E-state index contributed by atoms with van der Waals surface area (Å²) in [5.41, 5.74) is 0.880. The largest absolute Gasteiger partial charge is 0.461 e. The van der Waals surface area contributed by atoms with Crippen molar-refractivity contribution in [1.82, 2.24) is 9.80 Å². The van der Waals surface area contributed by atoms with Crippen LogP contribution < -0.4 is 5.32 Å². The van der Waals surface area contributed by atoms with E-state index in [2.05, 4.69) is 27.9 Å². The summed E-state index contributed by atoms with van der Waals surface area (Å²) in [7, 11) is 3.78. The van der Waals surface area contributed by atoms with Crippen molar-refractivity contribution in [2.75, 3.05) is 32.6 Å². The normalized spacial score (nSPS) is 15.8. The van der Waals surface area contributed by atoms with Crippen molar-refractivity contribution in [3.8, 4) is 0 Å². The zero-order valence-electron chi connectivity index (χ0n) is 13.3. The van der Waals surface area contributed by atoms with Gasteiger partial charge in [-0.25, -0.2) is 4.39 Å². The Morgan fingerprint density at radius 1 is 1.33 bits per heavy atom. The van der Waals surface area contributed by atoms with Crippen molar-refractivity contribution in [3.05, 3.63) is 63.1 Å². The fourth-order valence-electron chi connectivity index (χ4n) is 2.68. The number of nitrogens with one attached hydrogen (secondary N) is 1. The predicted molar refractivity (Wildman–Crippen MR) is 98.1 cm³/mol. The highest BCUT2D eigenvalue weighted by Crippen LogP contribution is 2.25. The van der Waals surface area contributed by atoms with E-state index >= 15 is 0 Å². The Morgan fingerprint density at radius 2 is 2.12 bits per heavy atom. The topological polar surface area (TPSA) is 48.7 Å². The number of halogens is 2. The van der Waals surface area contributed by atoms with Gasteiger partial charge in [-0.1, -0.05) is 0 Å². The van der Waals surface area contributed by atoms with E-state index in [1.807, 2.05) is 30.0 Å². The van der Waals surface area contributed by atoms with Gasteiger partial charge in [-0.05, 0) is 60.0 Å². The molecule has 0 saturated carbocycles. The summed E-state index contributed by atoms with van der Waals surface area (Å²) in [4.78, 5) is 16.6. The third-order valence-electron chi connectivity index (χ3n) is 3.75. The van der Waals surface area contributed by atoms with Crippen molar-refractivity contribution in [3.63, 3.8) is 0 Å². The third kappa shape index (κ3) is 3.46. The van der Waals surface area contributed by atoms with E-state index in [-0.39, 0.29) is 17.4 Å². The average Bonchev–Trinajstić information content (AvgIpc) is 3.05. The molecule has 2 aromatic rings. The van der Waals surface area contributed by atoms with Crippen LogP contribution in [0, 0.1) is 9.39 Å². The first-order chi connectivity index (χ1) is 11.5. The highest BCUT2D eigenvalue weighted by molar-refractivity contribution is 14.1. The third-order valence-corrected chi connectivity index (χ3v) is 4.42. The molecule has 0 unspecified atom stereocenters. The van der Waals surface area contributed by atoms with Crippen LogP contribution in [0.15, 0.2) is 52.4 Å². The minimum Gasteiger partial charge on any atom is -0.461 e. The van der Waals surface area contributed by atoms with Gasteiger partial charge in [0.05, 0.1) is 24.2 Å². The van der Waals surface area contributed by atoms with Gasteiger partial charge in [0.25, 0.3) is 0 Å². The minimum absolute atomic E-state index is 0.202. The van der Waals surface area contributed by atoms with Crippen LogP contribution in [0.1, 0.15) is 10.6 Å². The summed E-state index contributed by atoms with van der Waals surface area (Å²) in [6.45, 7) is 1.08. The van der Waals surface area contributed by atoms with E-state index in [1.54, 1.807) is 18.2 Å². The molecule has 1 N–H and O–H groups in total. The van der Waals surface area contributed by atoms with E-state index < -0.39 is 0 Å². The molecule has 1 aliphatic heterocycles. The Labute approximate surface area is 153 Å². The van der Waals surface area contributed by atoms with Gasteiger partial charge in [-0.2, -0.15) is 0 Å². The van der Waals surface area contributed by atoms with Gasteiger partial charge in [0.15, 0.2) is 5.76 Å². The predicted octanol–water partition coefficient (Wildman–Crippen LogP) is 3.36. The molecule has 0 atom stereocenters. The Morgan fingerprint density at radius 3 is 2.79 bits per heavy atom. The molecule has 1 aromatic heterocycles. The molecule has 126 valence electrons. The maximum atomic E-state index is 14.2. The summed E-state index contributed by atoms with van der Waals surface area (Å²) < 4.78 is 20.2. The quantitative estimate of drug-likeness (QED) is 0.583. The number of hydrogen-bond acceptors (Lipinski definition) is 5. The van der Waals surface area contributed by atoms with Crippen LogP contribution in [0.3, 0.4) is 0 Å². The molecule has 0 amide bonds. The number of rotatable bonds is 4. The smallest absolute Gasteiger partial charge is 0.229 e. The van der Waals surface area contributed by atoms with Crippen LogP contribution in [0.25, 0.3) is 0 Å². The molecule has 1 aliphatic rings. The summed E-state index contributed by atoms with van der Waals surface area (Å²) in [5, 5.41) is 3.08. The highest BCUT2D eigenvalue weighted by Gasteiger charge is 2.28. The van der Waals surface area contributed by atoms with E-state index in [0.29, 0.717) is 30.3 Å². The number of carbonyl (C=O) groups excluding carboxylic acids is 1. The first-order valence-corrected chi connectivity index (χ1v) is 8.46. The molecule has 0 aliphatic carbocycles. The zero-order chi connectivity index (χ0) is 17.3. The lowest BCUT2D eigenvalue weighted by molar-refractivity contribution is 0.0972.